The van der Waals surface area contributed by atoms with Crippen molar-refractivity contribution in [2.45, 2.75) is 51.0 Å². The second-order valence-corrected chi connectivity index (χ2v) is 5.83. The molecular weight excluding hydrogens is 240 g/mol. The van der Waals surface area contributed by atoms with Crippen molar-refractivity contribution in [1.29, 1.82) is 0 Å². The van der Waals surface area contributed by atoms with Gasteiger partial charge in [-0.3, -0.25) is 5.43 Å². The van der Waals surface area contributed by atoms with E-state index < -0.39 is 0 Å². The van der Waals surface area contributed by atoms with Gasteiger partial charge < -0.3 is 9.64 Å². The maximum Gasteiger partial charge on any atom is 0.208 e. The molecule has 0 aromatic rings. The molecule has 3 N–H and O–H groups in total. The lowest BCUT2D eigenvalue weighted by Crippen LogP contribution is -2.45. The summed E-state index contributed by atoms with van der Waals surface area (Å²) in [6, 6.07) is 0.439. The van der Waals surface area contributed by atoms with Gasteiger partial charge in [0.25, 0.3) is 0 Å². The van der Waals surface area contributed by atoms with E-state index in [-0.39, 0.29) is 0 Å². The molecule has 2 aliphatic rings. The summed E-state index contributed by atoms with van der Waals surface area (Å²) in [4.78, 5) is 6.79. The maximum absolute atomic E-state index is 5.65. The molecule has 5 nitrogen and oxygen atoms in total. The molecule has 2 fully saturated rings. The molecule has 5 heteroatoms. The zero-order valence-electron chi connectivity index (χ0n) is 12.1. The molecule has 0 aromatic heterocycles. The topological polar surface area (TPSA) is 62.9 Å². The van der Waals surface area contributed by atoms with Crippen molar-refractivity contribution >= 4 is 5.96 Å². The van der Waals surface area contributed by atoms with Crippen LogP contribution >= 0.6 is 0 Å². The minimum absolute atomic E-state index is 0.439. The summed E-state index contributed by atoms with van der Waals surface area (Å²) in [6.07, 6.45) is 9.00. The number of hydrogen-bond acceptors (Lipinski definition) is 3. The molecule has 0 aromatic carbocycles. The van der Waals surface area contributed by atoms with Gasteiger partial charge in [0.05, 0.1) is 12.6 Å². The Morgan fingerprint density at radius 2 is 2.00 bits per heavy atom. The number of rotatable bonds is 6. The molecule has 0 unspecified atom stereocenters. The first kappa shape index (κ1) is 14.6. The second kappa shape index (κ2) is 7.70. The number of guanidine groups is 1. The monoisotopic (exact) mass is 268 g/mol. The van der Waals surface area contributed by atoms with Crippen LogP contribution in [0.2, 0.25) is 0 Å². The highest BCUT2D eigenvalue weighted by atomic mass is 16.5. The van der Waals surface area contributed by atoms with Crippen molar-refractivity contribution < 1.29 is 4.74 Å². The zero-order valence-corrected chi connectivity index (χ0v) is 12.1. The van der Waals surface area contributed by atoms with Crippen LogP contribution in [-0.4, -0.2) is 43.7 Å². The SMILES string of the molecule is CN(CCOCC1CC1)C(=NC1CCCCC1)NN. The summed E-state index contributed by atoms with van der Waals surface area (Å²) < 4.78 is 5.65. The Hall–Kier alpha value is -0.810. The molecule has 19 heavy (non-hydrogen) atoms. The standard InChI is InChI=1S/C14H28N4O/c1-18(9-10-19-11-12-7-8-12)14(17-15)16-13-5-3-2-4-6-13/h12-13H,2-11,15H2,1H3,(H,16,17). The number of hydrogen-bond donors (Lipinski definition) is 2. The van der Waals surface area contributed by atoms with Gasteiger partial charge in [-0.2, -0.15) is 0 Å². The van der Waals surface area contributed by atoms with Gasteiger partial charge in [0.1, 0.15) is 0 Å². The smallest absolute Gasteiger partial charge is 0.208 e. The summed E-state index contributed by atoms with van der Waals surface area (Å²) in [5.74, 6) is 7.21. The van der Waals surface area contributed by atoms with Gasteiger partial charge in [-0.1, -0.05) is 19.3 Å². The number of likely N-dealkylation sites (N-methyl/N-ethyl adjacent to an activating group) is 1. The van der Waals surface area contributed by atoms with Crippen LogP contribution in [0.25, 0.3) is 0 Å². The van der Waals surface area contributed by atoms with Gasteiger partial charge in [0.15, 0.2) is 0 Å². The van der Waals surface area contributed by atoms with Crippen molar-refractivity contribution in [3.8, 4) is 0 Å². The average Bonchev–Trinajstić information content (AvgIpc) is 3.26. The third kappa shape index (κ3) is 5.37. The number of nitrogens with zero attached hydrogens (tertiary/aromatic N) is 2. The van der Waals surface area contributed by atoms with Gasteiger partial charge in [0, 0.05) is 20.2 Å². The molecule has 2 rings (SSSR count). The lowest BCUT2D eigenvalue weighted by atomic mass is 9.96. The first-order chi connectivity index (χ1) is 9.29. The largest absolute Gasteiger partial charge is 0.379 e. The molecule has 0 aliphatic heterocycles. The molecule has 0 amide bonds. The second-order valence-electron chi connectivity index (χ2n) is 5.83. The van der Waals surface area contributed by atoms with E-state index in [0.717, 1.165) is 31.6 Å². The number of ether oxygens (including phenoxy) is 1. The predicted octanol–water partition coefficient (Wildman–Crippen LogP) is 1.50. The van der Waals surface area contributed by atoms with Crippen LogP contribution in [0.4, 0.5) is 0 Å². The normalized spacial score (nSPS) is 21.5. The molecular formula is C14H28N4O. The van der Waals surface area contributed by atoms with E-state index in [9.17, 15) is 0 Å². The van der Waals surface area contributed by atoms with Crippen LogP contribution in [-0.2, 0) is 4.74 Å². The van der Waals surface area contributed by atoms with Crippen LogP contribution in [0.15, 0.2) is 4.99 Å². The van der Waals surface area contributed by atoms with Crippen molar-refractivity contribution in [3.63, 3.8) is 0 Å². The van der Waals surface area contributed by atoms with Gasteiger partial charge in [-0.25, -0.2) is 10.8 Å². The number of nitrogens with two attached hydrogens (primary N) is 1. The first-order valence-electron chi connectivity index (χ1n) is 7.63. The number of hydrazine groups is 1. The highest BCUT2D eigenvalue weighted by molar-refractivity contribution is 5.79. The summed E-state index contributed by atoms with van der Waals surface area (Å²) in [5, 5.41) is 0. The molecule has 0 radical (unpaired) electrons. The average molecular weight is 268 g/mol. The van der Waals surface area contributed by atoms with E-state index in [4.69, 9.17) is 15.6 Å². The van der Waals surface area contributed by atoms with Crippen molar-refractivity contribution in [2.24, 2.45) is 16.8 Å². The van der Waals surface area contributed by atoms with E-state index in [1.165, 1.54) is 44.9 Å². The highest BCUT2D eigenvalue weighted by Crippen LogP contribution is 2.28. The Morgan fingerprint density at radius 3 is 2.63 bits per heavy atom. The summed E-state index contributed by atoms with van der Waals surface area (Å²) in [7, 11) is 2.02. The minimum atomic E-state index is 0.439. The minimum Gasteiger partial charge on any atom is -0.379 e. The maximum atomic E-state index is 5.65. The van der Waals surface area contributed by atoms with E-state index in [2.05, 4.69) is 10.3 Å². The molecule has 0 spiro atoms. The van der Waals surface area contributed by atoms with Crippen LogP contribution in [0, 0.1) is 5.92 Å². The van der Waals surface area contributed by atoms with Gasteiger partial charge in [-0.05, 0) is 31.6 Å². The molecule has 0 heterocycles. The third-order valence-electron chi connectivity index (χ3n) is 3.99. The van der Waals surface area contributed by atoms with E-state index in [1.54, 1.807) is 0 Å². The van der Waals surface area contributed by atoms with E-state index in [1.807, 2.05) is 7.05 Å². The fourth-order valence-electron chi connectivity index (χ4n) is 2.47. The molecule has 0 saturated heterocycles. The van der Waals surface area contributed by atoms with E-state index >= 15 is 0 Å². The fourth-order valence-corrected chi connectivity index (χ4v) is 2.47. The van der Waals surface area contributed by atoms with Gasteiger partial charge >= 0.3 is 0 Å². The molecule has 2 aliphatic carbocycles. The van der Waals surface area contributed by atoms with Crippen LogP contribution in [0.3, 0.4) is 0 Å². The Morgan fingerprint density at radius 1 is 1.26 bits per heavy atom. The highest BCUT2D eigenvalue weighted by Gasteiger charge is 2.21. The van der Waals surface area contributed by atoms with Crippen LogP contribution in [0.5, 0.6) is 0 Å². The Bertz CT molecular complexity index is 285. The first-order valence-corrected chi connectivity index (χ1v) is 7.63. The van der Waals surface area contributed by atoms with E-state index in [0.29, 0.717) is 6.04 Å². The Kier molecular flexibility index (Phi) is 5.92. The van der Waals surface area contributed by atoms with Crippen LogP contribution in [0.1, 0.15) is 44.9 Å². The molecule has 2 saturated carbocycles. The van der Waals surface area contributed by atoms with Crippen molar-refractivity contribution in [1.82, 2.24) is 10.3 Å². The Labute approximate surface area is 116 Å². The molecule has 0 bridgehead atoms. The van der Waals surface area contributed by atoms with Crippen molar-refractivity contribution in [3.05, 3.63) is 0 Å². The van der Waals surface area contributed by atoms with Crippen LogP contribution < -0.4 is 11.3 Å². The third-order valence-corrected chi connectivity index (χ3v) is 3.99. The van der Waals surface area contributed by atoms with Gasteiger partial charge in [-0.15, -0.1) is 0 Å². The fraction of sp³-hybridized carbons (Fsp3) is 0.929. The molecule has 0 atom stereocenters. The summed E-state index contributed by atoms with van der Waals surface area (Å²) in [6.45, 7) is 2.50. The lowest BCUT2D eigenvalue weighted by Gasteiger charge is -2.24. The summed E-state index contributed by atoms with van der Waals surface area (Å²) in [5.41, 5.74) is 2.73. The van der Waals surface area contributed by atoms with Crippen molar-refractivity contribution in [2.75, 3.05) is 26.8 Å². The zero-order chi connectivity index (χ0) is 13.5. The quantitative estimate of drug-likeness (QED) is 0.252. The lowest BCUT2D eigenvalue weighted by molar-refractivity contribution is 0.115. The number of aliphatic imine (C=N–C) groups is 1. The van der Waals surface area contributed by atoms with Gasteiger partial charge in [0.2, 0.25) is 5.96 Å². The Balaban J connectivity index is 1.69. The molecule has 110 valence electrons. The summed E-state index contributed by atoms with van der Waals surface area (Å²) >= 11 is 0. The predicted molar refractivity (Wildman–Crippen MR) is 77.8 cm³/mol. The number of nitrogens with one attached hydrogen (secondary N) is 1.